The number of ether oxygens (including phenoxy) is 1. The lowest BCUT2D eigenvalue weighted by atomic mass is 10.1. The van der Waals surface area contributed by atoms with Crippen LogP contribution in [0.15, 0.2) is 64.1 Å². The number of hydrogen-bond donors (Lipinski definition) is 0. The summed E-state index contributed by atoms with van der Waals surface area (Å²) >= 11 is 6.25. The molecule has 1 aliphatic rings. The number of carbonyl (C=O) groups excluding carboxylic acids is 2. The van der Waals surface area contributed by atoms with E-state index in [1.807, 2.05) is 49.4 Å². The third-order valence-electron chi connectivity index (χ3n) is 5.43. The molecule has 0 bridgehead atoms. The van der Waals surface area contributed by atoms with Crippen molar-refractivity contribution in [3.8, 4) is 11.5 Å². The van der Waals surface area contributed by atoms with Gasteiger partial charge >= 0.3 is 5.97 Å². The summed E-state index contributed by atoms with van der Waals surface area (Å²) in [6.45, 7) is 4.53. The number of para-hydroxylation sites is 1. The van der Waals surface area contributed by atoms with Crippen molar-refractivity contribution >= 4 is 34.9 Å². The standard InChI is InChI=1S/C25H26ClN5O4/c1-3-14-30(16-22-27-28-23(35-22)18-12-8-9-13-19(18)26)24(32)21-15-20(25(33)34-4-2)29-31(21)17-10-6-5-7-11-17/h5-13,21H,3-4,14-16H2,1-2H3. The Morgan fingerprint density at radius 3 is 2.57 bits per heavy atom. The van der Waals surface area contributed by atoms with E-state index in [-0.39, 0.29) is 43.0 Å². The number of carbonyl (C=O) groups is 2. The van der Waals surface area contributed by atoms with Gasteiger partial charge in [-0.05, 0) is 37.6 Å². The van der Waals surface area contributed by atoms with Crippen molar-refractivity contribution in [3.05, 3.63) is 65.5 Å². The van der Waals surface area contributed by atoms with E-state index in [9.17, 15) is 9.59 Å². The fourth-order valence-corrected chi connectivity index (χ4v) is 4.05. The molecule has 0 N–H and O–H groups in total. The third-order valence-corrected chi connectivity index (χ3v) is 5.76. The molecule has 4 rings (SSSR count). The van der Waals surface area contributed by atoms with Crippen molar-refractivity contribution in [2.24, 2.45) is 5.10 Å². The maximum Gasteiger partial charge on any atom is 0.354 e. The first kappa shape index (κ1) is 24.4. The van der Waals surface area contributed by atoms with Gasteiger partial charge in [-0.3, -0.25) is 9.80 Å². The zero-order chi connectivity index (χ0) is 24.8. The number of amides is 1. The second-order valence-electron chi connectivity index (χ2n) is 7.91. The normalized spacial score (nSPS) is 15.1. The molecule has 9 nitrogen and oxygen atoms in total. The second kappa shape index (κ2) is 11.1. The molecular weight excluding hydrogens is 470 g/mol. The van der Waals surface area contributed by atoms with E-state index in [4.69, 9.17) is 20.8 Å². The van der Waals surface area contributed by atoms with Crippen LogP contribution in [-0.2, 0) is 20.9 Å². The fourth-order valence-electron chi connectivity index (χ4n) is 3.83. The first-order valence-corrected chi connectivity index (χ1v) is 11.8. The smallest absolute Gasteiger partial charge is 0.354 e. The number of aromatic nitrogens is 2. The van der Waals surface area contributed by atoms with Crippen LogP contribution >= 0.6 is 11.6 Å². The van der Waals surface area contributed by atoms with Crippen molar-refractivity contribution in [2.45, 2.75) is 39.3 Å². The Morgan fingerprint density at radius 2 is 1.86 bits per heavy atom. The average Bonchev–Trinajstić information content (AvgIpc) is 3.52. The van der Waals surface area contributed by atoms with Crippen LogP contribution in [0.2, 0.25) is 5.02 Å². The number of hydrogen-bond acceptors (Lipinski definition) is 8. The topological polar surface area (TPSA) is 101 Å². The van der Waals surface area contributed by atoms with E-state index in [1.54, 1.807) is 29.0 Å². The van der Waals surface area contributed by atoms with Gasteiger partial charge in [0, 0.05) is 13.0 Å². The number of anilines is 1. The summed E-state index contributed by atoms with van der Waals surface area (Å²) in [7, 11) is 0. The van der Waals surface area contributed by atoms with Gasteiger partial charge in [-0.15, -0.1) is 10.2 Å². The average molecular weight is 496 g/mol. The van der Waals surface area contributed by atoms with E-state index in [1.165, 1.54) is 0 Å². The largest absolute Gasteiger partial charge is 0.461 e. The van der Waals surface area contributed by atoms with Crippen molar-refractivity contribution in [1.29, 1.82) is 0 Å². The first-order valence-electron chi connectivity index (χ1n) is 11.5. The number of esters is 1. The highest BCUT2D eigenvalue weighted by atomic mass is 35.5. The van der Waals surface area contributed by atoms with Gasteiger partial charge in [-0.1, -0.05) is 48.9 Å². The predicted octanol–water partition coefficient (Wildman–Crippen LogP) is 4.33. The van der Waals surface area contributed by atoms with Crippen LogP contribution in [0.4, 0.5) is 5.69 Å². The summed E-state index contributed by atoms with van der Waals surface area (Å²) in [6.07, 6.45) is 0.863. The molecule has 3 aromatic rings. The van der Waals surface area contributed by atoms with Crippen LogP contribution in [0.1, 0.15) is 32.6 Å². The Balaban J connectivity index is 1.57. The number of halogens is 1. The van der Waals surface area contributed by atoms with E-state index in [0.717, 1.165) is 6.42 Å². The number of rotatable bonds is 9. The Hall–Kier alpha value is -3.72. The van der Waals surface area contributed by atoms with Crippen LogP contribution in [-0.4, -0.2) is 51.9 Å². The molecule has 0 saturated carbocycles. The van der Waals surface area contributed by atoms with Gasteiger partial charge in [0.1, 0.15) is 11.8 Å². The molecule has 182 valence electrons. The second-order valence-corrected chi connectivity index (χ2v) is 8.31. The predicted molar refractivity (Wildman–Crippen MR) is 132 cm³/mol. The van der Waals surface area contributed by atoms with Crippen molar-refractivity contribution in [2.75, 3.05) is 18.2 Å². The molecular formula is C25H26ClN5O4. The Bertz CT molecular complexity index is 1210. The molecule has 1 unspecified atom stereocenters. The van der Waals surface area contributed by atoms with Crippen molar-refractivity contribution in [1.82, 2.24) is 15.1 Å². The fraction of sp³-hybridized carbons (Fsp3) is 0.320. The van der Waals surface area contributed by atoms with Gasteiger partial charge in [-0.2, -0.15) is 5.10 Å². The zero-order valence-corrected chi connectivity index (χ0v) is 20.3. The molecule has 1 aromatic heterocycles. The molecule has 0 fully saturated rings. The number of benzene rings is 2. The Kier molecular flexibility index (Phi) is 7.77. The minimum atomic E-state index is -0.700. The number of hydrazone groups is 1. The molecule has 0 radical (unpaired) electrons. The third kappa shape index (κ3) is 5.51. The first-order chi connectivity index (χ1) is 17.0. The van der Waals surface area contributed by atoms with Gasteiger partial charge in [-0.25, -0.2) is 4.79 Å². The highest BCUT2D eigenvalue weighted by Crippen LogP contribution is 2.28. The summed E-state index contributed by atoms with van der Waals surface area (Å²) < 4.78 is 11.0. The molecule has 1 amide bonds. The molecule has 0 saturated heterocycles. The summed E-state index contributed by atoms with van der Waals surface area (Å²) in [4.78, 5) is 27.8. The summed E-state index contributed by atoms with van der Waals surface area (Å²) in [6, 6.07) is 15.8. The SMILES string of the molecule is CCCN(Cc1nnc(-c2ccccc2Cl)o1)C(=O)C1CC(C(=O)OCC)=NN1c1ccccc1. The maximum atomic E-state index is 13.7. The van der Waals surface area contributed by atoms with Crippen LogP contribution in [0.5, 0.6) is 0 Å². The van der Waals surface area contributed by atoms with Crippen molar-refractivity contribution in [3.63, 3.8) is 0 Å². The van der Waals surface area contributed by atoms with Gasteiger partial charge in [0.2, 0.25) is 17.7 Å². The van der Waals surface area contributed by atoms with Gasteiger partial charge in [0.05, 0.1) is 29.4 Å². The lowest BCUT2D eigenvalue weighted by Crippen LogP contribution is -2.45. The lowest BCUT2D eigenvalue weighted by molar-refractivity contribution is -0.135. The van der Waals surface area contributed by atoms with E-state index >= 15 is 0 Å². The minimum Gasteiger partial charge on any atom is -0.461 e. The Morgan fingerprint density at radius 1 is 1.11 bits per heavy atom. The molecule has 0 aliphatic carbocycles. The molecule has 10 heteroatoms. The summed E-state index contributed by atoms with van der Waals surface area (Å²) in [5.41, 5.74) is 1.55. The molecule has 1 aliphatic heterocycles. The molecule has 1 atom stereocenters. The quantitative estimate of drug-likeness (QED) is 0.407. The number of nitrogens with zero attached hydrogens (tertiary/aromatic N) is 5. The van der Waals surface area contributed by atoms with E-state index in [2.05, 4.69) is 15.3 Å². The molecule has 2 heterocycles. The van der Waals surface area contributed by atoms with Crippen LogP contribution in [0.25, 0.3) is 11.5 Å². The van der Waals surface area contributed by atoms with Gasteiger partial charge < -0.3 is 14.1 Å². The highest BCUT2D eigenvalue weighted by Gasteiger charge is 2.39. The minimum absolute atomic E-state index is 0.123. The van der Waals surface area contributed by atoms with E-state index in [0.29, 0.717) is 22.8 Å². The zero-order valence-electron chi connectivity index (χ0n) is 19.6. The van der Waals surface area contributed by atoms with Crippen LogP contribution in [0, 0.1) is 0 Å². The molecule has 35 heavy (non-hydrogen) atoms. The summed E-state index contributed by atoms with van der Waals surface area (Å²) in [5, 5.41) is 14.8. The van der Waals surface area contributed by atoms with E-state index < -0.39 is 12.0 Å². The van der Waals surface area contributed by atoms with Gasteiger partial charge in [0.15, 0.2) is 0 Å². The Labute approximate surface area is 208 Å². The highest BCUT2D eigenvalue weighted by molar-refractivity contribution is 6.38. The van der Waals surface area contributed by atoms with Crippen LogP contribution in [0.3, 0.4) is 0 Å². The monoisotopic (exact) mass is 495 g/mol. The molecule has 2 aromatic carbocycles. The van der Waals surface area contributed by atoms with Crippen LogP contribution < -0.4 is 5.01 Å². The summed E-state index contributed by atoms with van der Waals surface area (Å²) in [5.74, 6) is -0.144. The van der Waals surface area contributed by atoms with Crippen molar-refractivity contribution < 1.29 is 18.7 Å². The lowest BCUT2D eigenvalue weighted by Gasteiger charge is -2.28. The van der Waals surface area contributed by atoms with Gasteiger partial charge in [0.25, 0.3) is 0 Å². The molecule has 0 spiro atoms. The maximum absolute atomic E-state index is 13.7.